The quantitative estimate of drug-likeness (QED) is 0.829. The van der Waals surface area contributed by atoms with E-state index in [1.54, 1.807) is 12.1 Å². The van der Waals surface area contributed by atoms with Gasteiger partial charge in [0.15, 0.2) is 0 Å². The molecule has 1 aliphatic carbocycles. The van der Waals surface area contributed by atoms with Gasteiger partial charge in [0.05, 0.1) is 0 Å². The zero-order valence-electron chi connectivity index (χ0n) is 10.0. The van der Waals surface area contributed by atoms with Gasteiger partial charge in [0, 0.05) is 16.0 Å². The molecule has 17 heavy (non-hydrogen) atoms. The second-order valence-electron chi connectivity index (χ2n) is 4.59. The average molecular weight is 253 g/mol. The number of hydrogen-bond acceptors (Lipinski definition) is 2. The molecule has 92 valence electrons. The van der Waals surface area contributed by atoms with Crippen molar-refractivity contribution < 1.29 is 9.18 Å². The van der Waals surface area contributed by atoms with Crippen molar-refractivity contribution in [3.8, 4) is 0 Å². The molecule has 0 unspecified atom stereocenters. The zero-order valence-corrected chi connectivity index (χ0v) is 10.9. The third-order valence-corrected chi connectivity index (χ3v) is 3.97. The van der Waals surface area contributed by atoms with Gasteiger partial charge in [0.2, 0.25) is 5.91 Å². The molecule has 0 heterocycles. The number of anilines is 1. The normalized spacial score (nSPS) is 16.6. The smallest absolute Gasteiger partial charge is 0.230 e. The van der Waals surface area contributed by atoms with Crippen molar-refractivity contribution in [2.24, 2.45) is 5.41 Å². The third kappa shape index (κ3) is 2.80. The largest absolute Gasteiger partial charge is 0.326 e. The fourth-order valence-corrected chi connectivity index (χ4v) is 2.22. The molecule has 0 spiro atoms. The van der Waals surface area contributed by atoms with Gasteiger partial charge in [-0.05, 0) is 36.8 Å². The Kier molecular flexibility index (Phi) is 3.43. The van der Waals surface area contributed by atoms with Crippen LogP contribution < -0.4 is 5.32 Å². The molecule has 0 bridgehead atoms. The molecule has 1 fully saturated rings. The number of carbonyl (C=O) groups excluding carboxylic acids is 1. The van der Waals surface area contributed by atoms with Crippen LogP contribution in [0.25, 0.3) is 0 Å². The number of benzene rings is 1. The molecule has 1 N–H and O–H groups in total. The van der Waals surface area contributed by atoms with Gasteiger partial charge in [-0.3, -0.25) is 4.79 Å². The van der Waals surface area contributed by atoms with E-state index in [9.17, 15) is 9.18 Å². The lowest BCUT2D eigenvalue weighted by atomic mass is 10.1. The SMILES string of the molecule is CCSc1ccc(NC(=O)C2(C)CC2)cc1F. The molecular formula is C13H16FNOS. The third-order valence-electron chi connectivity index (χ3n) is 3.04. The second kappa shape index (κ2) is 4.69. The van der Waals surface area contributed by atoms with E-state index < -0.39 is 0 Å². The molecule has 1 aromatic rings. The summed E-state index contributed by atoms with van der Waals surface area (Å²) in [6, 6.07) is 4.86. The summed E-state index contributed by atoms with van der Waals surface area (Å²) in [7, 11) is 0. The number of rotatable bonds is 4. The first-order valence-corrected chi connectivity index (χ1v) is 6.77. The van der Waals surface area contributed by atoms with E-state index in [0.717, 1.165) is 18.6 Å². The van der Waals surface area contributed by atoms with E-state index in [0.29, 0.717) is 10.6 Å². The van der Waals surface area contributed by atoms with Crippen molar-refractivity contribution in [3.63, 3.8) is 0 Å². The Bertz CT molecular complexity index is 443. The highest BCUT2D eigenvalue weighted by atomic mass is 32.2. The van der Waals surface area contributed by atoms with Crippen LogP contribution in [0.15, 0.2) is 23.1 Å². The molecule has 1 amide bonds. The highest BCUT2D eigenvalue weighted by Crippen LogP contribution is 2.45. The van der Waals surface area contributed by atoms with Gasteiger partial charge in [0.1, 0.15) is 5.82 Å². The summed E-state index contributed by atoms with van der Waals surface area (Å²) in [5.74, 6) is 0.559. The summed E-state index contributed by atoms with van der Waals surface area (Å²) < 4.78 is 13.6. The molecule has 0 radical (unpaired) electrons. The number of halogens is 1. The number of hydrogen-bond donors (Lipinski definition) is 1. The minimum atomic E-state index is -0.268. The molecule has 0 aliphatic heterocycles. The number of amides is 1. The molecule has 2 rings (SSSR count). The molecule has 0 atom stereocenters. The molecule has 0 aromatic heterocycles. The summed E-state index contributed by atoms with van der Waals surface area (Å²) in [6.45, 7) is 3.91. The summed E-state index contributed by atoms with van der Waals surface area (Å²) in [6.07, 6.45) is 1.84. The molecular weight excluding hydrogens is 237 g/mol. The monoisotopic (exact) mass is 253 g/mol. The predicted octanol–water partition coefficient (Wildman–Crippen LogP) is 3.68. The second-order valence-corrected chi connectivity index (χ2v) is 5.90. The molecule has 1 saturated carbocycles. The van der Waals surface area contributed by atoms with Crippen LogP contribution in [-0.2, 0) is 4.79 Å². The van der Waals surface area contributed by atoms with Crippen molar-refractivity contribution >= 4 is 23.4 Å². The van der Waals surface area contributed by atoms with Crippen LogP contribution in [0, 0.1) is 11.2 Å². The Morgan fingerprint density at radius 1 is 1.53 bits per heavy atom. The highest BCUT2D eigenvalue weighted by molar-refractivity contribution is 7.99. The molecule has 0 saturated heterocycles. The Morgan fingerprint density at radius 3 is 2.76 bits per heavy atom. The fourth-order valence-electron chi connectivity index (χ4n) is 1.55. The first-order valence-electron chi connectivity index (χ1n) is 5.79. The van der Waals surface area contributed by atoms with Crippen LogP contribution in [0.1, 0.15) is 26.7 Å². The molecule has 2 nitrogen and oxygen atoms in total. The van der Waals surface area contributed by atoms with Crippen LogP contribution in [0.3, 0.4) is 0 Å². The van der Waals surface area contributed by atoms with Crippen LogP contribution in [0.2, 0.25) is 0 Å². The minimum absolute atomic E-state index is 0.00667. The number of nitrogens with one attached hydrogen (secondary N) is 1. The van der Waals surface area contributed by atoms with E-state index in [1.165, 1.54) is 17.8 Å². The van der Waals surface area contributed by atoms with E-state index in [4.69, 9.17) is 0 Å². The van der Waals surface area contributed by atoms with Crippen LogP contribution >= 0.6 is 11.8 Å². The Morgan fingerprint density at radius 2 is 2.24 bits per heavy atom. The van der Waals surface area contributed by atoms with E-state index in [1.807, 2.05) is 13.8 Å². The molecule has 4 heteroatoms. The number of thioether (sulfide) groups is 1. The van der Waals surface area contributed by atoms with E-state index in [2.05, 4.69) is 5.32 Å². The predicted molar refractivity (Wildman–Crippen MR) is 68.8 cm³/mol. The Hall–Kier alpha value is -1.03. The van der Waals surface area contributed by atoms with Gasteiger partial charge in [-0.1, -0.05) is 13.8 Å². The summed E-state index contributed by atoms with van der Waals surface area (Å²) in [4.78, 5) is 12.4. The van der Waals surface area contributed by atoms with Gasteiger partial charge >= 0.3 is 0 Å². The topological polar surface area (TPSA) is 29.1 Å². The van der Waals surface area contributed by atoms with E-state index in [-0.39, 0.29) is 17.1 Å². The number of carbonyl (C=O) groups is 1. The van der Waals surface area contributed by atoms with E-state index >= 15 is 0 Å². The molecule has 1 aromatic carbocycles. The van der Waals surface area contributed by atoms with Gasteiger partial charge < -0.3 is 5.32 Å². The van der Waals surface area contributed by atoms with Gasteiger partial charge in [-0.25, -0.2) is 4.39 Å². The maximum Gasteiger partial charge on any atom is 0.230 e. The first-order chi connectivity index (χ1) is 8.05. The first kappa shape index (κ1) is 12.4. The van der Waals surface area contributed by atoms with Gasteiger partial charge in [-0.2, -0.15) is 0 Å². The van der Waals surface area contributed by atoms with Crippen LogP contribution in [-0.4, -0.2) is 11.7 Å². The standard InChI is InChI=1S/C13H16FNOS/c1-3-17-11-5-4-9(8-10(11)14)15-12(16)13(2)6-7-13/h4-5,8H,3,6-7H2,1-2H3,(H,15,16). The van der Waals surface area contributed by atoms with Gasteiger partial charge in [0.25, 0.3) is 0 Å². The van der Waals surface area contributed by atoms with Crippen LogP contribution in [0.4, 0.5) is 10.1 Å². The van der Waals surface area contributed by atoms with Crippen molar-refractivity contribution in [2.75, 3.05) is 11.1 Å². The zero-order chi connectivity index (χ0) is 12.5. The van der Waals surface area contributed by atoms with Crippen molar-refractivity contribution in [2.45, 2.75) is 31.6 Å². The Balaban J connectivity index is 2.07. The summed E-state index contributed by atoms with van der Waals surface area (Å²) in [5, 5.41) is 2.77. The lowest BCUT2D eigenvalue weighted by Crippen LogP contribution is -2.21. The molecule has 1 aliphatic rings. The van der Waals surface area contributed by atoms with Crippen molar-refractivity contribution in [1.82, 2.24) is 0 Å². The summed E-state index contributed by atoms with van der Waals surface area (Å²) in [5.41, 5.74) is 0.314. The maximum absolute atomic E-state index is 13.6. The Labute approximate surface area is 105 Å². The highest BCUT2D eigenvalue weighted by Gasteiger charge is 2.44. The minimum Gasteiger partial charge on any atom is -0.326 e. The van der Waals surface area contributed by atoms with Gasteiger partial charge in [-0.15, -0.1) is 11.8 Å². The average Bonchev–Trinajstić information content (AvgIpc) is 3.02. The van der Waals surface area contributed by atoms with Crippen LogP contribution in [0.5, 0.6) is 0 Å². The van der Waals surface area contributed by atoms with Crippen molar-refractivity contribution in [1.29, 1.82) is 0 Å². The fraction of sp³-hybridized carbons (Fsp3) is 0.462. The summed E-state index contributed by atoms with van der Waals surface area (Å²) >= 11 is 1.46. The van der Waals surface area contributed by atoms with Crippen molar-refractivity contribution in [3.05, 3.63) is 24.0 Å². The lowest BCUT2D eigenvalue weighted by Gasteiger charge is -2.10. The maximum atomic E-state index is 13.6. The lowest BCUT2D eigenvalue weighted by molar-refractivity contribution is -0.120.